The summed E-state index contributed by atoms with van der Waals surface area (Å²) in [6.45, 7) is 6.66. The summed E-state index contributed by atoms with van der Waals surface area (Å²) in [5.41, 5.74) is 1.42. The molecular formula is C17H26N2O. The molecule has 1 unspecified atom stereocenters. The molecule has 2 aliphatic rings. The zero-order valence-electron chi connectivity index (χ0n) is 12.3. The van der Waals surface area contributed by atoms with E-state index in [2.05, 4.69) is 40.5 Å². The monoisotopic (exact) mass is 274 g/mol. The van der Waals surface area contributed by atoms with Crippen LogP contribution < -0.4 is 5.32 Å². The van der Waals surface area contributed by atoms with Crippen molar-refractivity contribution >= 4 is 0 Å². The van der Waals surface area contributed by atoms with Crippen LogP contribution in [-0.4, -0.2) is 44.3 Å². The molecule has 1 atom stereocenters. The van der Waals surface area contributed by atoms with Gasteiger partial charge in [0, 0.05) is 32.3 Å². The summed E-state index contributed by atoms with van der Waals surface area (Å²) in [5.74, 6) is 0.832. The lowest BCUT2D eigenvalue weighted by molar-refractivity contribution is 0.0523. The summed E-state index contributed by atoms with van der Waals surface area (Å²) < 4.78 is 5.47. The second kappa shape index (κ2) is 7.21. The lowest BCUT2D eigenvalue weighted by Crippen LogP contribution is -2.36. The summed E-state index contributed by atoms with van der Waals surface area (Å²) >= 11 is 0. The van der Waals surface area contributed by atoms with Crippen molar-refractivity contribution in [3.8, 4) is 0 Å². The van der Waals surface area contributed by atoms with Crippen LogP contribution in [0, 0.1) is 5.92 Å². The second-order valence-electron chi connectivity index (χ2n) is 6.09. The molecule has 3 nitrogen and oxygen atoms in total. The lowest BCUT2D eigenvalue weighted by Gasteiger charge is -2.30. The number of ether oxygens (including phenoxy) is 1. The van der Waals surface area contributed by atoms with Gasteiger partial charge in [0.25, 0.3) is 0 Å². The minimum Gasteiger partial charge on any atom is -0.381 e. The van der Waals surface area contributed by atoms with E-state index < -0.39 is 0 Å². The van der Waals surface area contributed by atoms with Crippen molar-refractivity contribution in [2.75, 3.05) is 39.4 Å². The average molecular weight is 274 g/mol. The summed E-state index contributed by atoms with van der Waals surface area (Å²) in [6, 6.07) is 11.4. The van der Waals surface area contributed by atoms with E-state index in [-0.39, 0.29) is 0 Å². The third-order valence-electron chi connectivity index (χ3n) is 4.54. The molecule has 1 aromatic rings. The number of benzene rings is 1. The fourth-order valence-electron chi connectivity index (χ4n) is 3.36. The predicted molar refractivity (Wildman–Crippen MR) is 81.8 cm³/mol. The Morgan fingerprint density at radius 3 is 2.75 bits per heavy atom. The highest BCUT2D eigenvalue weighted by atomic mass is 16.5. The van der Waals surface area contributed by atoms with Crippen LogP contribution in [-0.2, 0) is 4.74 Å². The number of nitrogens with one attached hydrogen (secondary N) is 1. The summed E-state index contributed by atoms with van der Waals surface area (Å²) in [5, 5.41) is 3.70. The second-order valence-corrected chi connectivity index (χ2v) is 6.09. The van der Waals surface area contributed by atoms with E-state index in [1.54, 1.807) is 0 Å². The third-order valence-corrected chi connectivity index (χ3v) is 4.54. The van der Waals surface area contributed by atoms with E-state index in [0.29, 0.717) is 6.04 Å². The molecule has 0 aromatic heterocycles. The standard InChI is InChI=1S/C17H26N2O/c1-2-5-16(6-3-1)17-14-19(10-4-9-18-17)13-15-7-11-20-12-8-15/h1-3,5-6,15,17-18H,4,7-14H2. The van der Waals surface area contributed by atoms with Gasteiger partial charge in [0.05, 0.1) is 0 Å². The molecule has 1 aromatic carbocycles. The van der Waals surface area contributed by atoms with E-state index in [9.17, 15) is 0 Å². The van der Waals surface area contributed by atoms with Gasteiger partial charge in [-0.2, -0.15) is 0 Å². The zero-order chi connectivity index (χ0) is 13.6. The van der Waals surface area contributed by atoms with Gasteiger partial charge in [0.15, 0.2) is 0 Å². The van der Waals surface area contributed by atoms with Crippen molar-refractivity contribution in [1.29, 1.82) is 0 Å². The molecule has 2 fully saturated rings. The van der Waals surface area contributed by atoms with Crippen molar-refractivity contribution in [3.05, 3.63) is 35.9 Å². The summed E-state index contributed by atoms with van der Waals surface area (Å²) in [4.78, 5) is 2.66. The first-order valence-electron chi connectivity index (χ1n) is 8.00. The Labute approximate surface area is 122 Å². The first-order valence-corrected chi connectivity index (χ1v) is 8.00. The Morgan fingerprint density at radius 2 is 1.95 bits per heavy atom. The molecule has 0 amide bonds. The molecule has 2 aliphatic heterocycles. The van der Waals surface area contributed by atoms with E-state index >= 15 is 0 Å². The number of rotatable bonds is 3. The molecule has 0 aliphatic carbocycles. The molecule has 2 heterocycles. The Morgan fingerprint density at radius 1 is 1.15 bits per heavy atom. The van der Waals surface area contributed by atoms with Gasteiger partial charge < -0.3 is 15.0 Å². The molecule has 0 saturated carbocycles. The van der Waals surface area contributed by atoms with E-state index in [0.717, 1.165) is 32.2 Å². The van der Waals surface area contributed by atoms with Crippen molar-refractivity contribution < 1.29 is 4.74 Å². The van der Waals surface area contributed by atoms with Crippen molar-refractivity contribution in [2.45, 2.75) is 25.3 Å². The first kappa shape index (κ1) is 14.1. The third kappa shape index (κ3) is 3.81. The quantitative estimate of drug-likeness (QED) is 0.916. The highest BCUT2D eigenvalue weighted by Crippen LogP contribution is 2.21. The van der Waals surface area contributed by atoms with E-state index in [4.69, 9.17) is 4.74 Å². The summed E-state index contributed by atoms with van der Waals surface area (Å²) in [6.07, 6.45) is 3.73. The van der Waals surface area contributed by atoms with Crippen LogP contribution in [0.5, 0.6) is 0 Å². The highest BCUT2D eigenvalue weighted by molar-refractivity contribution is 5.19. The van der Waals surface area contributed by atoms with Gasteiger partial charge in [-0.15, -0.1) is 0 Å². The molecule has 1 N–H and O–H groups in total. The Bertz CT molecular complexity index is 389. The smallest absolute Gasteiger partial charge is 0.0469 e. The SMILES string of the molecule is c1ccc(C2CN(CC3CCOCC3)CCCN2)cc1. The van der Waals surface area contributed by atoms with Gasteiger partial charge >= 0.3 is 0 Å². The average Bonchev–Trinajstić information content (AvgIpc) is 2.75. The van der Waals surface area contributed by atoms with Crippen LogP contribution in [0.1, 0.15) is 30.9 Å². The zero-order valence-corrected chi connectivity index (χ0v) is 12.3. The molecule has 20 heavy (non-hydrogen) atoms. The molecule has 2 saturated heterocycles. The van der Waals surface area contributed by atoms with Crippen molar-refractivity contribution in [1.82, 2.24) is 10.2 Å². The number of hydrogen-bond acceptors (Lipinski definition) is 3. The fourth-order valence-corrected chi connectivity index (χ4v) is 3.36. The largest absolute Gasteiger partial charge is 0.381 e. The maximum atomic E-state index is 5.47. The predicted octanol–water partition coefficient (Wildman–Crippen LogP) is 2.45. The molecule has 3 rings (SSSR count). The van der Waals surface area contributed by atoms with Crippen LogP contribution >= 0.6 is 0 Å². The maximum absolute atomic E-state index is 5.47. The Hall–Kier alpha value is -0.900. The van der Waals surface area contributed by atoms with Crippen LogP contribution in [0.15, 0.2) is 30.3 Å². The van der Waals surface area contributed by atoms with Gasteiger partial charge in [0.2, 0.25) is 0 Å². The number of nitrogens with zero attached hydrogens (tertiary/aromatic N) is 1. The Kier molecular flexibility index (Phi) is 5.06. The van der Waals surface area contributed by atoms with Crippen molar-refractivity contribution in [3.63, 3.8) is 0 Å². The molecule has 0 spiro atoms. The fraction of sp³-hybridized carbons (Fsp3) is 0.647. The minimum absolute atomic E-state index is 0.485. The van der Waals surface area contributed by atoms with Gasteiger partial charge in [-0.3, -0.25) is 0 Å². The lowest BCUT2D eigenvalue weighted by atomic mass is 9.99. The highest BCUT2D eigenvalue weighted by Gasteiger charge is 2.22. The van der Waals surface area contributed by atoms with Crippen molar-refractivity contribution in [2.24, 2.45) is 5.92 Å². The van der Waals surface area contributed by atoms with Crippen LogP contribution in [0.25, 0.3) is 0 Å². The van der Waals surface area contributed by atoms with E-state index in [1.807, 2.05) is 0 Å². The van der Waals surface area contributed by atoms with Crippen LogP contribution in [0.2, 0.25) is 0 Å². The van der Waals surface area contributed by atoms with Crippen LogP contribution in [0.4, 0.5) is 0 Å². The molecular weight excluding hydrogens is 248 g/mol. The van der Waals surface area contributed by atoms with Gasteiger partial charge in [-0.05, 0) is 43.8 Å². The topological polar surface area (TPSA) is 24.5 Å². The molecule has 0 bridgehead atoms. The maximum Gasteiger partial charge on any atom is 0.0469 e. The molecule has 0 radical (unpaired) electrons. The van der Waals surface area contributed by atoms with Crippen LogP contribution in [0.3, 0.4) is 0 Å². The molecule has 3 heteroatoms. The van der Waals surface area contributed by atoms with E-state index in [1.165, 1.54) is 37.9 Å². The first-order chi connectivity index (χ1) is 9.92. The summed E-state index contributed by atoms with van der Waals surface area (Å²) in [7, 11) is 0. The van der Waals surface area contributed by atoms with Gasteiger partial charge in [-0.25, -0.2) is 0 Å². The molecule has 110 valence electrons. The Balaban J connectivity index is 1.60. The minimum atomic E-state index is 0.485. The normalized spacial score (nSPS) is 26.3. The van der Waals surface area contributed by atoms with Gasteiger partial charge in [-0.1, -0.05) is 30.3 Å². The van der Waals surface area contributed by atoms with Gasteiger partial charge in [0.1, 0.15) is 0 Å². The number of hydrogen-bond donors (Lipinski definition) is 1.